The molecule has 0 spiro atoms. The van der Waals surface area contributed by atoms with Crippen molar-refractivity contribution in [1.29, 1.82) is 0 Å². The lowest BCUT2D eigenvalue weighted by molar-refractivity contribution is 0.0938. The quantitative estimate of drug-likeness (QED) is 0.818. The summed E-state index contributed by atoms with van der Waals surface area (Å²) in [5, 5.41) is 4.00. The molecule has 3 nitrogen and oxygen atoms in total. The molecule has 1 fully saturated rings. The monoisotopic (exact) mass is 349 g/mol. The molecule has 2 aromatic rings. The van der Waals surface area contributed by atoms with Gasteiger partial charge in [-0.25, -0.2) is 0 Å². The zero-order valence-electron chi connectivity index (χ0n) is 12.7. The summed E-state index contributed by atoms with van der Waals surface area (Å²) >= 11 is 12.1. The average Bonchev–Trinajstić information content (AvgIpc) is 3.37. The summed E-state index contributed by atoms with van der Waals surface area (Å²) in [6.45, 7) is 3.20. The first-order valence-corrected chi connectivity index (χ1v) is 8.21. The summed E-state index contributed by atoms with van der Waals surface area (Å²) < 4.78 is 5.72. The largest absolute Gasteiger partial charge is 0.364 e. The van der Waals surface area contributed by atoms with Gasteiger partial charge in [0.1, 0.15) is 5.60 Å². The van der Waals surface area contributed by atoms with E-state index in [4.69, 9.17) is 27.9 Å². The van der Waals surface area contributed by atoms with Crippen molar-refractivity contribution in [2.45, 2.75) is 12.5 Å². The lowest BCUT2D eigenvalue weighted by Crippen LogP contribution is -2.34. The number of nitrogens with one attached hydrogen (secondary N) is 1. The number of ether oxygens (including phenoxy) is 1. The second kappa shape index (κ2) is 6.52. The summed E-state index contributed by atoms with van der Waals surface area (Å²) in [6.07, 6.45) is 0. The van der Waals surface area contributed by atoms with E-state index < -0.39 is 5.60 Å². The van der Waals surface area contributed by atoms with Gasteiger partial charge in [-0.05, 0) is 29.8 Å². The highest BCUT2D eigenvalue weighted by Crippen LogP contribution is 2.46. The molecule has 0 radical (unpaired) electrons. The van der Waals surface area contributed by atoms with E-state index in [-0.39, 0.29) is 11.8 Å². The number of amides is 1. The zero-order valence-corrected chi connectivity index (χ0v) is 14.2. The third kappa shape index (κ3) is 3.37. The third-order valence-corrected chi connectivity index (χ3v) is 5.00. The second-order valence-corrected chi connectivity index (χ2v) is 6.60. The van der Waals surface area contributed by atoms with E-state index in [1.807, 2.05) is 30.3 Å². The minimum absolute atomic E-state index is 0.0811. The van der Waals surface area contributed by atoms with Crippen LogP contribution in [-0.2, 0) is 10.3 Å². The van der Waals surface area contributed by atoms with Crippen LogP contribution in [0.25, 0.3) is 0 Å². The number of carbonyl (C=O) groups excluding carboxylic acids is 1. The summed E-state index contributed by atoms with van der Waals surface area (Å²) in [4.78, 5) is 12.1. The molecule has 1 saturated heterocycles. The van der Waals surface area contributed by atoms with Gasteiger partial charge in [-0.2, -0.15) is 0 Å². The highest BCUT2D eigenvalue weighted by molar-refractivity contribution is 6.42. The number of hydrogen-bond acceptors (Lipinski definition) is 2. The van der Waals surface area contributed by atoms with Crippen LogP contribution in [0.1, 0.15) is 22.8 Å². The molecule has 2 aromatic carbocycles. The van der Waals surface area contributed by atoms with Crippen LogP contribution in [0.4, 0.5) is 0 Å². The maximum Gasteiger partial charge on any atom is 0.251 e. The predicted octanol–water partition coefficient (Wildman–Crippen LogP) is 4.29. The van der Waals surface area contributed by atoms with Gasteiger partial charge in [-0.3, -0.25) is 4.79 Å². The van der Waals surface area contributed by atoms with Gasteiger partial charge >= 0.3 is 0 Å². The molecule has 1 N–H and O–H groups in total. The number of hydrogen-bond donors (Lipinski definition) is 1. The zero-order chi connectivity index (χ0) is 16.4. The van der Waals surface area contributed by atoms with Gasteiger partial charge in [-0.1, -0.05) is 54.4 Å². The SMILES string of the molecule is CC(CNC(=O)c1ccccc1)C1(c2ccc(Cl)c(Cl)c2)CO1. The lowest BCUT2D eigenvalue weighted by atomic mass is 9.87. The normalized spacial score (nSPS) is 20.8. The van der Waals surface area contributed by atoms with E-state index in [1.165, 1.54) is 0 Å². The molecule has 1 heterocycles. The fourth-order valence-electron chi connectivity index (χ4n) is 2.68. The average molecular weight is 350 g/mol. The van der Waals surface area contributed by atoms with E-state index in [9.17, 15) is 4.79 Å². The molecule has 2 unspecified atom stereocenters. The van der Waals surface area contributed by atoms with Crippen molar-refractivity contribution >= 4 is 29.1 Å². The number of benzene rings is 2. The first-order chi connectivity index (χ1) is 11.0. The Hall–Kier alpha value is -1.55. The van der Waals surface area contributed by atoms with E-state index in [0.29, 0.717) is 28.8 Å². The van der Waals surface area contributed by atoms with E-state index in [1.54, 1.807) is 18.2 Å². The molecule has 1 aliphatic rings. The molecule has 120 valence electrons. The number of carbonyl (C=O) groups is 1. The fraction of sp³-hybridized carbons (Fsp3) is 0.278. The van der Waals surface area contributed by atoms with E-state index >= 15 is 0 Å². The molecule has 0 bridgehead atoms. The molecule has 0 aliphatic carbocycles. The van der Waals surface area contributed by atoms with Gasteiger partial charge in [0.25, 0.3) is 5.91 Å². The summed E-state index contributed by atoms with van der Waals surface area (Å²) in [5.74, 6) is 0.0368. The van der Waals surface area contributed by atoms with E-state index in [2.05, 4.69) is 12.2 Å². The molecule has 1 aliphatic heterocycles. The fourth-order valence-corrected chi connectivity index (χ4v) is 2.97. The van der Waals surface area contributed by atoms with Crippen LogP contribution in [0.15, 0.2) is 48.5 Å². The Morgan fingerprint density at radius 1 is 1.22 bits per heavy atom. The van der Waals surface area contributed by atoms with Crippen molar-refractivity contribution in [3.63, 3.8) is 0 Å². The first-order valence-electron chi connectivity index (χ1n) is 7.45. The summed E-state index contributed by atoms with van der Waals surface area (Å²) in [7, 11) is 0. The molecule has 3 rings (SSSR count). The minimum Gasteiger partial charge on any atom is -0.364 e. The summed E-state index contributed by atoms with van der Waals surface area (Å²) in [5.41, 5.74) is 1.26. The van der Waals surface area contributed by atoms with Crippen LogP contribution in [-0.4, -0.2) is 19.1 Å². The Morgan fingerprint density at radius 3 is 2.52 bits per heavy atom. The maximum absolute atomic E-state index is 12.1. The highest BCUT2D eigenvalue weighted by Gasteiger charge is 2.51. The Labute approximate surface area is 145 Å². The van der Waals surface area contributed by atoms with Crippen LogP contribution >= 0.6 is 23.2 Å². The molecule has 0 aromatic heterocycles. The van der Waals surface area contributed by atoms with Crippen LogP contribution in [0.2, 0.25) is 10.0 Å². The number of epoxide rings is 1. The van der Waals surface area contributed by atoms with Crippen LogP contribution in [0.5, 0.6) is 0 Å². The molecular formula is C18H17Cl2NO2. The summed E-state index contributed by atoms with van der Waals surface area (Å²) in [6, 6.07) is 14.7. The highest BCUT2D eigenvalue weighted by atomic mass is 35.5. The predicted molar refractivity (Wildman–Crippen MR) is 92.0 cm³/mol. The Balaban J connectivity index is 1.67. The van der Waals surface area contributed by atoms with Crippen molar-refractivity contribution in [2.24, 2.45) is 5.92 Å². The van der Waals surface area contributed by atoms with Crippen molar-refractivity contribution < 1.29 is 9.53 Å². The van der Waals surface area contributed by atoms with Gasteiger partial charge in [0.2, 0.25) is 0 Å². The molecule has 23 heavy (non-hydrogen) atoms. The molecule has 5 heteroatoms. The van der Waals surface area contributed by atoms with E-state index in [0.717, 1.165) is 5.56 Å². The molecular weight excluding hydrogens is 333 g/mol. The topological polar surface area (TPSA) is 41.6 Å². The second-order valence-electron chi connectivity index (χ2n) is 5.78. The minimum atomic E-state index is -0.391. The van der Waals surface area contributed by atoms with Crippen LogP contribution in [0, 0.1) is 5.92 Å². The van der Waals surface area contributed by atoms with Crippen molar-refractivity contribution in [1.82, 2.24) is 5.32 Å². The van der Waals surface area contributed by atoms with Crippen LogP contribution in [0.3, 0.4) is 0 Å². The molecule has 0 saturated carbocycles. The van der Waals surface area contributed by atoms with Gasteiger partial charge in [0, 0.05) is 18.0 Å². The van der Waals surface area contributed by atoms with Crippen LogP contribution < -0.4 is 5.32 Å². The molecule has 2 atom stereocenters. The van der Waals surface area contributed by atoms with Crippen molar-refractivity contribution in [2.75, 3.05) is 13.2 Å². The van der Waals surface area contributed by atoms with Gasteiger partial charge in [0.15, 0.2) is 0 Å². The lowest BCUT2D eigenvalue weighted by Gasteiger charge is -2.21. The Bertz CT molecular complexity index is 714. The van der Waals surface area contributed by atoms with Crippen molar-refractivity contribution in [3.05, 3.63) is 69.7 Å². The van der Waals surface area contributed by atoms with Gasteiger partial charge in [-0.15, -0.1) is 0 Å². The van der Waals surface area contributed by atoms with Gasteiger partial charge in [0.05, 0.1) is 16.7 Å². The first kappa shape index (κ1) is 16.3. The smallest absolute Gasteiger partial charge is 0.251 e. The maximum atomic E-state index is 12.1. The number of halogens is 2. The Kier molecular flexibility index (Phi) is 4.62. The van der Waals surface area contributed by atoms with Gasteiger partial charge < -0.3 is 10.1 Å². The number of rotatable bonds is 5. The third-order valence-electron chi connectivity index (χ3n) is 4.26. The molecule has 1 amide bonds. The Morgan fingerprint density at radius 2 is 1.91 bits per heavy atom. The standard InChI is InChI=1S/C18H17Cl2NO2/c1-12(10-21-17(22)13-5-3-2-4-6-13)18(11-23-18)14-7-8-15(19)16(20)9-14/h2-9,12H,10-11H2,1H3,(H,21,22). The van der Waals surface area contributed by atoms with Crippen molar-refractivity contribution in [3.8, 4) is 0 Å².